The molecule has 2 heteroatoms. The predicted molar refractivity (Wildman–Crippen MR) is 85.5 cm³/mol. The van der Waals surface area contributed by atoms with Crippen molar-refractivity contribution in [1.29, 1.82) is 0 Å². The van der Waals surface area contributed by atoms with Crippen LogP contribution in [0.1, 0.15) is 32.1 Å². The van der Waals surface area contributed by atoms with E-state index in [-0.39, 0.29) is 0 Å². The molecular weight excluding hydrogens is 244 g/mol. The van der Waals surface area contributed by atoms with Crippen molar-refractivity contribution in [2.24, 2.45) is 0 Å². The van der Waals surface area contributed by atoms with Crippen LogP contribution in [0.2, 0.25) is 0 Å². The first kappa shape index (κ1) is 14.1. The zero-order valence-corrected chi connectivity index (χ0v) is 12.5. The molecule has 0 aromatic carbocycles. The van der Waals surface area contributed by atoms with Crippen LogP contribution in [0.5, 0.6) is 0 Å². The van der Waals surface area contributed by atoms with Crippen LogP contribution < -0.4 is 0 Å². The molecule has 3 aliphatic rings. The van der Waals surface area contributed by atoms with E-state index in [0.717, 1.165) is 19.0 Å². The summed E-state index contributed by atoms with van der Waals surface area (Å²) in [5.41, 5.74) is 1.36. The molecule has 1 saturated heterocycles. The average Bonchev–Trinajstić information content (AvgIpc) is 3.03. The van der Waals surface area contributed by atoms with Gasteiger partial charge in [0.25, 0.3) is 0 Å². The largest absolute Gasteiger partial charge is 0.298 e. The molecule has 0 atom stereocenters. The van der Waals surface area contributed by atoms with Crippen LogP contribution in [0.3, 0.4) is 0 Å². The number of nitrogens with zero attached hydrogens (tertiary/aromatic N) is 2. The first-order valence-electron chi connectivity index (χ1n) is 8.25. The highest BCUT2D eigenvalue weighted by atomic mass is 15.3. The fraction of sp³-hybridized carbons (Fsp3) is 0.611. The molecule has 2 fully saturated rings. The minimum absolute atomic E-state index is 0.904. The lowest BCUT2D eigenvalue weighted by Crippen LogP contribution is -2.49. The van der Waals surface area contributed by atoms with Crippen molar-refractivity contribution >= 4 is 0 Å². The van der Waals surface area contributed by atoms with Crippen molar-refractivity contribution in [2.75, 3.05) is 32.7 Å². The van der Waals surface area contributed by atoms with Gasteiger partial charge in [-0.2, -0.15) is 0 Å². The number of hydrogen-bond acceptors (Lipinski definition) is 2. The molecular formula is C18H27N2. The molecule has 1 saturated carbocycles. The molecule has 0 N–H and O–H groups in total. The monoisotopic (exact) mass is 271 g/mol. The van der Waals surface area contributed by atoms with E-state index in [0.29, 0.717) is 0 Å². The second-order valence-electron chi connectivity index (χ2n) is 6.21. The van der Waals surface area contributed by atoms with Gasteiger partial charge in [0.15, 0.2) is 0 Å². The van der Waals surface area contributed by atoms with Crippen LogP contribution in [0.4, 0.5) is 0 Å². The van der Waals surface area contributed by atoms with Crippen LogP contribution in [0.15, 0.2) is 36.0 Å². The Labute approximate surface area is 123 Å². The summed E-state index contributed by atoms with van der Waals surface area (Å²) in [6.45, 7) is 6.13. The minimum atomic E-state index is 0.904. The van der Waals surface area contributed by atoms with E-state index >= 15 is 0 Å². The van der Waals surface area contributed by atoms with Crippen LogP contribution in [0, 0.1) is 6.42 Å². The van der Waals surface area contributed by atoms with Crippen molar-refractivity contribution in [3.8, 4) is 0 Å². The van der Waals surface area contributed by atoms with Crippen LogP contribution in [-0.4, -0.2) is 48.6 Å². The van der Waals surface area contributed by atoms with E-state index in [1.165, 1.54) is 57.4 Å². The van der Waals surface area contributed by atoms with Gasteiger partial charge in [-0.25, -0.2) is 0 Å². The summed E-state index contributed by atoms with van der Waals surface area (Å²) in [5.74, 6) is 0. The van der Waals surface area contributed by atoms with Gasteiger partial charge in [0, 0.05) is 38.8 Å². The predicted octanol–water partition coefficient (Wildman–Crippen LogP) is 3.19. The van der Waals surface area contributed by atoms with Crippen molar-refractivity contribution in [3.63, 3.8) is 0 Å². The lowest BCUT2D eigenvalue weighted by Gasteiger charge is -2.37. The SMILES string of the molecule is [CH]1C=CC(C=CCN2CCN(C3CCCC3)CC2)=CC1. The first-order chi connectivity index (χ1) is 9.92. The molecule has 2 nitrogen and oxygen atoms in total. The number of rotatable bonds is 4. The molecule has 1 radical (unpaired) electrons. The molecule has 3 rings (SSSR count). The summed E-state index contributed by atoms with van der Waals surface area (Å²) in [6, 6.07) is 0.904. The molecule has 0 spiro atoms. The quantitative estimate of drug-likeness (QED) is 0.775. The van der Waals surface area contributed by atoms with E-state index in [4.69, 9.17) is 0 Å². The number of piperazine rings is 1. The van der Waals surface area contributed by atoms with E-state index in [1.807, 2.05) is 0 Å². The Morgan fingerprint density at radius 3 is 2.60 bits per heavy atom. The molecule has 20 heavy (non-hydrogen) atoms. The summed E-state index contributed by atoms with van der Waals surface area (Å²) in [4.78, 5) is 5.32. The highest BCUT2D eigenvalue weighted by molar-refractivity contribution is 5.35. The number of hydrogen-bond donors (Lipinski definition) is 0. The average molecular weight is 271 g/mol. The fourth-order valence-electron chi connectivity index (χ4n) is 3.57. The topological polar surface area (TPSA) is 6.48 Å². The van der Waals surface area contributed by atoms with E-state index < -0.39 is 0 Å². The lowest BCUT2D eigenvalue weighted by atomic mass is 10.1. The van der Waals surface area contributed by atoms with E-state index in [1.54, 1.807) is 0 Å². The summed E-state index contributed by atoms with van der Waals surface area (Å²) < 4.78 is 0. The zero-order valence-electron chi connectivity index (χ0n) is 12.5. The molecule has 0 aromatic heterocycles. The molecule has 109 valence electrons. The Morgan fingerprint density at radius 1 is 1.10 bits per heavy atom. The normalized spacial score (nSPS) is 26.5. The molecule has 0 unspecified atom stereocenters. The van der Waals surface area contributed by atoms with Gasteiger partial charge in [0.2, 0.25) is 0 Å². The van der Waals surface area contributed by atoms with Crippen LogP contribution >= 0.6 is 0 Å². The van der Waals surface area contributed by atoms with Crippen molar-refractivity contribution < 1.29 is 0 Å². The maximum absolute atomic E-state index is 2.73. The summed E-state index contributed by atoms with van der Waals surface area (Å²) >= 11 is 0. The zero-order chi connectivity index (χ0) is 13.6. The molecule has 1 heterocycles. The smallest absolute Gasteiger partial charge is 0.0167 e. The van der Waals surface area contributed by atoms with Crippen LogP contribution in [-0.2, 0) is 0 Å². The van der Waals surface area contributed by atoms with Crippen molar-refractivity contribution in [1.82, 2.24) is 9.80 Å². The Balaban J connectivity index is 1.39. The Kier molecular flexibility index (Phi) is 5.10. The van der Waals surface area contributed by atoms with Crippen molar-refractivity contribution in [3.05, 3.63) is 42.4 Å². The van der Waals surface area contributed by atoms with Gasteiger partial charge in [-0.05, 0) is 31.3 Å². The van der Waals surface area contributed by atoms with E-state index in [2.05, 4.69) is 46.6 Å². The standard InChI is InChI=1S/C18H27N2/c1-2-7-17(8-3-1)9-6-12-19-13-15-20(16-14-19)18-10-4-5-11-18/h1-2,6-9,18H,3-5,10-16H2. The third kappa shape index (κ3) is 3.83. The van der Waals surface area contributed by atoms with Gasteiger partial charge in [0.05, 0.1) is 0 Å². The molecule has 0 amide bonds. The lowest BCUT2D eigenvalue weighted by molar-refractivity contribution is 0.105. The number of allylic oxidation sites excluding steroid dienone is 5. The van der Waals surface area contributed by atoms with Crippen molar-refractivity contribution in [2.45, 2.75) is 38.1 Å². The summed E-state index contributed by atoms with van der Waals surface area (Å²) in [5, 5.41) is 0. The van der Waals surface area contributed by atoms with Gasteiger partial charge in [0.1, 0.15) is 0 Å². The Morgan fingerprint density at radius 2 is 1.90 bits per heavy atom. The maximum Gasteiger partial charge on any atom is 0.0167 e. The summed E-state index contributed by atoms with van der Waals surface area (Å²) in [7, 11) is 0. The Bertz CT molecular complexity index is 380. The molecule has 0 aromatic rings. The van der Waals surface area contributed by atoms with Gasteiger partial charge in [-0.15, -0.1) is 0 Å². The third-order valence-electron chi connectivity index (χ3n) is 4.84. The van der Waals surface area contributed by atoms with Gasteiger partial charge < -0.3 is 0 Å². The fourth-order valence-corrected chi connectivity index (χ4v) is 3.57. The Hall–Kier alpha value is -0.860. The van der Waals surface area contributed by atoms with E-state index in [9.17, 15) is 0 Å². The third-order valence-corrected chi connectivity index (χ3v) is 4.84. The molecule has 0 bridgehead atoms. The second-order valence-corrected chi connectivity index (χ2v) is 6.21. The first-order valence-corrected chi connectivity index (χ1v) is 8.25. The summed E-state index contributed by atoms with van der Waals surface area (Å²) in [6.07, 6.45) is 20.3. The molecule has 1 aliphatic heterocycles. The highest BCUT2D eigenvalue weighted by Crippen LogP contribution is 2.24. The highest BCUT2D eigenvalue weighted by Gasteiger charge is 2.25. The molecule has 2 aliphatic carbocycles. The van der Waals surface area contributed by atoms with Gasteiger partial charge >= 0.3 is 0 Å². The second kappa shape index (κ2) is 7.24. The van der Waals surface area contributed by atoms with Gasteiger partial charge in [-0.3, -0.25) is 9.80 Å². The van der Waals surface area contributed by atoms with Gasteiger partial charge in [-0.1, -0.05) is 43.2 Å². The maximum atomic E-state index is 2.73. The van der Waals surface area contributed by atoms with Crippen LogP contribution in [0.25, 0.3) is 0 Å². The minimum Gasteiger partial charge on any atom is -0.298 e.